The van der Waals surface area contributed by atoms with Crippen LogP contribution in [0.15, 0.2) is 89.2 Å². The number of aromatic nitrogens is 5. The number of hydrogen-bond acceptors (Lipinski definition) is 9. The second kappa shape index (κ2) is 14.7. The Kier molecular flexibility index (Phi) is 10.0. The normalized spacial score (nSPS) is 12.3. The number of rotatable bonds is 11. The SMILES string of the molecule is COc1ccc(CN(c2nn(C)c3c(-n4c([C@H](Cc5cc(F)cc(F)c5)NC(=O)O)nc5cccc(-c6nccs6)c5c4=O)ccc(Cl)c23)S(C)(=O)=O)cc1. The third kappa shape index (κ3) is 7.33. The lowest BCUT2D eigenvalue weighted by atomic mass is 10.0. The van der Waals surface area contributed by atoms with Crippen LogP contribution in [0.2, 0.25) is 5.02 Å². The van der Waals surface area contributed by atoms with Gasteiger partial charge in [-0.05, 0) is 53.6 Å². The van der Waals surface area contributed by atoms with Crippen molar-refractivity contribution in [1.82, 2.24) is 29.6 Å². The fourth-order valence-corrected chi connectivity index (χ4v) is 8.24. The van der Waals surface area contributed by atoms with Crippen molar-refractivity contribution in [2.75, 3.05) is 17.7 Å². The molecule has 4 aromatic carbocycles. The van der Waals surface area contributed by atoms with Gasteiger partial charge in [0.25, 0.3) is 5.56 Å². The van der Waals surface area contributed by atoms with Gasteiger partial charge < -0.3 is 15.2 Å². The van der Waals surface area contributed by atoms with Gasteiger partial charge in [0, 0.05) is 36.7 Å². The fraction of sp³-hybridized carbons (Fsp3) is 0.162. The van der Waals surface area contributed by atoms with Gasteiger partial charge in [0.15, 0.2) is 5.82 Å². The Labute approximate surface area is 321 Å². The van der Waals surface area contributed by atoms with E-state index in [1.807, 2.05) is 0 Å². The van der Waals surface area contributed by atoms with Crippen molar-refractivity contribution in [3.05, 3.63) is 128 Å². The summed E-state index contributed by atoms with van der Waals surface area (Å²) < 4.78 is 64.5. The summed E-state index contributed by atoms with van der Waals surface area (Å²) in [4.78, 5) is 36.6. The lowest BCUT2D eigenvalue weighted by molar-refractivity contribution is 0.189. The van der Waals surface area contributed by atoms with E-state index in [1.165, 1.54) is 39.8 Å². The second-order valence-corrected chi connectivity index (χ2v) is 15.7. The van der Waals surface area contributed by atoms with Crippen molar-refractivity contribution in [2.45, 2.75) is 19.0 Å². The lowest BCUT2D eigenvalue weighted by Crippen LogP contribution is -2.35. The number of carboxylic acid groups (broad SMARTS) is 1. The molecule has 0 aliphatic heterocycles. The van der Waals surface area contributed by atoms with Gasteiger partial charge in [-0.1, -0.05) is 35.9 Å². The first-order valence-electron chi connectivity index (χ1n) is 16.4. The number of fused-ring (bicyclic) bond motifs is 2. The topological polar surface area (TPSA) is 162 Å². The van der Waals surface area contributed by atoms with Gasteiger partial charge in [-0.25, -0.2) is 36.3 Å². The Morgan fingerprint density at radius 2 is 1.78 bits per heavy atom. The number of sulfonamides is 1. The van der Waals surface area contributed by atoms with E-state index in [4.69, 9.17) is 21.3 Å². The summed E-state index contributed by atoms with van der Waals surface area (Å²) in [6.07, 6.45) is 0.805. The predicted molar refractivity (Wildman–Crippen MR) is 206 cm³/mol. The van der Waals surface area contributed by atoms with Gasteiger partial charge in [0.2, 0.25) is 10.0 Å². The molecule has 0 aliphatic rings. The number of methoxy groups -OCH3 is 1. The largest absolute Gasteiger partial charge is 0.497 e. The molecule has 0 spiro atoms. The van der Waals surface area contributed by atoms with Crippen molar-refractivity contribution in [2.24, 2.45) is 7.05 Å². The van der Waals surface area contributed by atoms with Gasteiger partial charge in [-0.15, -0.1) is 11.3 Å². The third-order valence-corrected chi connectivity index (χ3v) is 11.0. The number of ether oxygens (including phenoxy) is 1. The van der Waals surface area contributed by atoms with Gasteiger partial charge >= 0.3 is 6.09 Å². The molecule has 7 aromatic rings. The van der Waals surface area contributed by atoms with Crippen molar-refractivity contribution in [3.8, 4) is 22.0 Å². The third-order valence-electron chi connectivity index (χ3n) is 8.82. The number of carbonyl (C=O) groups is 1. The molecule has 0 bridgehead atoms. The second-order valence-electron chi connectivity index (χ2n) is 12.5. The number of amides is 1. The number of nitrogens with one attached hydrogen (secondary N) is 1. The van der Waals surface area contributed by atoms with Crippen LogP contribution in [-0.2, 0) is 30.0 Å². The van der Waals surface area contributed by atoms with E-state index in [0.29, 0.717) is 28.0 Å². The maximum absolute atomic E-state index is 15.1. The molecule has 0 aliphatic carbocycles. The zero-order valence-electron chi connectivity index (χ0n) is 29.2. The highest BCUT2D eigenvalue weighted by atomic mass is 35.5. The van der Waals surface area contributed by atoms with Crippen molar-refractivity contribution in [3.63, 3.8) is 0 Å². The maximum atomic E-state index is 15.1. The molecule has 7 rings (SSSR count). The Morgan fingerprint density at radius 3 is 2.42 bits per heavy atom. The monoisotopic (exact) mass is 805 g/mol. The summed E-state index contributed by atoms with van der Waals surface area (Å²) >= 11 is 8.14. The van der Waals surface area contributed by atoms with Gasteiger partial charge in [0.05, 0.1) is 58.5 Å². The number of thiazole rings is 1. The summed E-state index contributed by atoms with van der Waals surface area (Å²) in [6.45, 7) is -0.135. The van der Waals surface area contributed by atoms with Crippen LogP contribution in [0.5, 0.6) is 5.75 Å². The molecule has 13 nitrogen and oxygen atoms in total. The van der Waals surface area contributed by atoms with E-state index in [9.17, 15) is 27.1 Å². The zero-order valence-corrected chi connectivity index (χ0v) is 31.6. The smallest absolute Gasteiger partial charge is 0.405 e. The van der Waals surface area contributed by atoms with E-state index in [0.717, 1.165) is 22.7 Å². The molecule has 1 amide bonds. The molecule has 0 radical (unpaired) electrons. The Bertz CT molecular complexity index is 2760. The van der Waals surface area contributed by atoms with Crippen LogP contribution in [0.4, 0.5) is 19.4 Å². The average Bonchev–Trinajstić information content (AvgIpc) is 3.79. The van der Waals surface area contributed by atoms with Crippen LogP contribution in [0.25, 0.3) is 38.1 Å². The number of anilines is 1. The minimum absolute atomic E-state index is 0.0371. The summed E-state index contributed by atoms with van der Waals surface area (Å²) in [6, 6.07) is 16.2. The molecule has 3 heterocycles. The van der Waals surface area contributed by atoms with Crippen LogP contribution < -0.4 is 19.9 Å². The lowest BCUT2D eigenvalue weighted by Gasteiger charge is -2.23. The predicted octanol–water partition coefficient (Wildman–Crippen LogP) is 6.85. The van der Waals surface area contributed by atoms with Crippen molar-refractivity contribution >= 4 is 66.7 Å². The molecule has 282 valence electrons. The van der Waals surface area contributed by atoms with Crippen LogP contribution in [-0.4, -0.2) is 57.3 Å². The van der Waals surface area contributed by atoms with E-state index in [1.54, 1.807) is 61.1 Å². The fourth-order valence-electron chi connectivity index (χ4n) is 6.51. The Balaban J connectivity index is 1.53. The Morgan fingerprint density at radius 1 is 1.05 bits per heavy atom. The van der Waals surface area contributed by atoms with E-state index < -0.39 is 39.4 Å². The first-order chi connectivity index (χ1) is 26.2. The molecular weight excluding hydrogens is 776 g/mol. The molecular formula is C37H30ClF2N7O6S2. The van der Waals surface area contributed by atoms with Crippen molar-refractivity contribution < 1.29 is 31.8 Å². The van der Waals surface area contributed by atoms with Gasteiger partial charge in [-0.2, -0.15) is 5.10 Å². The standard InChI is InChI=1S/C37H30ClF2N7O6S2/c1-45-32-29(12-11-26(38)31(32)34(44-45)46(55(3,51)52)19-20-7-9-24(53-2)10-8-20)47-33(28(43-37(49)50)17-21-15-22(39)18-23(40)16-21)42-27-6-4-5-25(30(27)36(47)48)35-41-13-14-54-35/h4-16,18,28,43H,17,19H2,1-3H3,(H,49,50)/t28-/m0/s1. The molecule has 0 saturated carbocycles. The van der Waals surface area contributed by atoms with E-state index in [2.05, 4.69) is 15.4 Å². The summed E-state index contributed by atoms with van der Waals surface area (Å²) in [7, 11) is -0.946. The zero-order chi connectivity index (χ0) is 39.2. The molecule has 1 atom stereocenters. The molecule has 18 heteroatoms. The minimum atomic E-state index is -4.00. The molecule has 0 unspecified atom stereocenters. The molecule has 0 fully saturated rings. The average molecular weight is 806 g/mol. The quantitative estimate of drug-likeness (QED) is 0.142. The molecule has 0 saturated heterocycles. The van der Waals surface area contributed by atoms with Gasteiger partial charge in [0.1, 0.15) is 28.2 Å². The molecule has 3 aromatic heterocycles. The number of aryl methyl sites for hydroxylation is 1. The maximum Gasteiger partial charge on any atom is 0.405 e. The number of nitrogens with zero attached hydrogens (tertiary/aromatic N) is 6. The number of halogens is 3. The van der Waals surface area contributed by atoms with E-state index in [-0.39, 0.29) is 62.7 Å². The van der Waals surface area contributed by atoms with E-state index >= 15 is 4.79 Å². The van der Waals surface area contributed by atoms with Crippen LogP contribution in [0.1, 0.15) is 23.0 Å². The number of hydrogen-bond donors (Lipinski definition) is 2. The molecule has 2 N–H and O–H groups in total. The first kappa shape index (κ1) is 37.4. The summed E-state index contributed by atoms with van der Waals surface area (Å²) in [5, 5.41) is 19.7. The van der Waals surface area contributed by atoms with Crippen LogP contribution in [0, 0.1) is 11.6 Å². The van der Waals surface area contributed by atoms with Crippen molar-refractivity contribution in [1.29, 1.82) is 0 Å². The highest BCUT2D eigenvalue weighted by molar-refractivity contribution is 7.92. The van der Waals surface area contributed by atoms with Crippen LogP contribution >= 0.6 is 22.9 Å². The van der Waals surface area contributed by atoms with Crippen LogP contribution in [0.3, 0.4) is 0 Å². The molecule has 55 heavy (non-hydrogen) atoms. The summed E-state index contributed by atoms with van der Waals surface area (Å²) in [5.41, 5.74) is 1.03. The highest BCUT2D eigenvalue weighted by Gasteiger charge is 2.30. The highest BCUT2D eigenvalue weighted by Crippen LogP contribution is 2.39. The minimum Gasteiger partial charge on any atom is -0.497 e. The summed E-state index contributed by atoms with van der Waals surface area (Å²) in [5.74, 6) is -1.36. The number of benzene rings is 4. The Hall–Kier alpha value is -5.91. The first-order valence-corrected chi connectivity index (χ1v) is 19.5. The van der Waals surface area contributed by atoms with Gasteiger partial charge in [-0.3, -0.25) is 14.0 Å².